The molecule has 0 atom stereocenters. The van der Waals surface area contributed by atoms with Gasteiger partial charge in [-0.25, -0.2) is 20.4 Å². The molecule has 2 rings (SSSR count). The van der Waals surface area contributed by atoms with Crippen LogP contribution < -0.4 is 21.9 Å². The number of nitrogens with zero attached hydrogens (tertiary/aromatic N) is 1. The van der Waals surface area contributed by atoms with E-state index in [0.717, 1.165) is 10.6 Å². The zero-order valence-corrected chi connectivity index (χ0v) is 12.4. The molecule has 3 amide bonds. The van der Waals surface area contributed by atoms with Crippen molar-refractivity contribution in [2.24, 2.45) is 11.6 Å². The van der Waals surface area contributed by atoms with Crippen molar-refractivity contribution >= 4 is 23.5 Å². The van der Waals surface area contributed by atoms with Gasteiger partial charge in [-0.1, -0.05) is 30.3 Å². The van der Waals surface area contributed by atoms with Gasteiger partial charge in [-0.2, -0.15) is 0 Å². The highest BCUT2D eigenvalue weighted by Crippen LogP contribution is 2.14. The van der Waals surface area contributed by atoms with Crippen LogP contribution in [0.3, 0.4) is 0 Å². The van der Waals surface area contributed by atoms with Gasteiger partial charge in [0.1, 0.15) is 0 Å². The zero-order valence-electron chi connectivity index (χ0n) is 12.4. The number of para-hydroxylation sites is 1. The first-order valence-electron chi connectivity index (χ1n) is 6.98. The van der Waals surface area contributed by atoms with Crippen LogP contribution in [0, 0.1) is 0 Å². The van der Waals surface area contributed by atoms with Crippen molar-refractivity contribution in [3.8, 4) is 0 Å². The van der Waals surface area contributed by atoms with Gasteiger partial charge in [0.05, 0.1) is 12.3 Å². The Balaban J connectivity index is 1.97. The van der Waals surface area contributed by atoms with E-state index < -0.39 is 12.1 Å². The fourth-order valence-electron chi connectivity index (χ4n) is 1.96. The third-order valence-electron chi connectivity index (χ3n) is 3.07. The van der Waals surface area contributed by atoms with Gasteiger partial charge in [-0.3, -0.25) is 0 Å². The monoisotopic (exact) mass is 314 g/mol. The first-order valence-corrected chi connectivity index (χ1v) is 6.98. The Kier molecular flexibility index (Phi) is 5.54. The summed E-state index contributed by atoms with van der Waals surface area (Å²) < 4.78 is 4.69. The molecule has 0 fully saturated rings. The fourth-order valence-corrected chi connectivity index (χ4v) is 1.96. The average Bonchev–Trinajstić information content (AvgIpc) is 2.55. The van der Waals surface area contributed by atoms with E-state index in [1.807, 2.05) is 12.1 Å². The summed E-state index contributed by atoms with van der Waals surface area (Å²) in [7, 11) is 0. The van der Waals surface area contributed by atoms with Crippen LogP contribution in [0.15, 0.2) is 54.6 Å². The molecule has 0 aliphatic heterocycles. The molecule has 2 aromatic rings. The normalized spacial score (nSPS) is 9.96. The Bertz CT molecular complexity index is 676. The number of primary amides is 1. The second kappa shape index (κ2) is 7.81. The van der Waals surface area contributed by atoms with Crippen molar-refractivity contribution in [1.29, 1.82) is 0 Å². The lowest BCUT2D eigenvalue weighted by Crippen LogP contribution is -2.40. The summed E-state index contributed by atoms with van der Waals surface area (Å²) in [5.74, 6) is 5.79. The number of hydrazine groups is 1. The van der Waals surface area contributed by atoms with Crippen molar-refractivity contribution in [1.82, 2.24) is 0 Å². The summed E-state index contributed by atoms with van der Waals surface area (Å²) in [4.78, 5) is 22.7. The number of nitrogens with one attached hydrogen (secondary N) is 1. The highest BCUT2D eigenvalue weighted by atomic mass is 16.5. The van der Waals surface area contributed by atoms with Crippen LogP contribution in [0.5, 0.6) is 0 Å². The van der Waals surface area contributed by atoms with Crippen molar-refractivity contribution in [2.45, 2.75) is 6.42 Å². The van der Waals surface area contributed by atoms with Crippen molar-refractivity contribution in [3.63, 3.8) is 0 Å². The predicted octanol–water partition coefficient (Wildman–Crippen LogP) is 2.24. The number of urea groups is 1. The van der Waals surface area contributed by atoms with Crippen molar-refractivity contribution < 1.29 is 14.3 Å². The van der Waals surface area contributed by atoms with Crippen LogP contribution in [-0.2, 0) is 11.2 Å². The van der Waals surface area contributed by atoms with E-state index in [0.29, 0.717) is 17.8 Å². The van der Waals surface area contributed by atoms with E-state index in [1.165, 1.54) is 0 Å². The van der Waals surface area contributed by atoms with Gasteiger partial charge in [-0.05, 0) is 29.8 Å². The minimum absolute atomic E-state index is 0.180. The second-order valence-electron chi connectivity index (χ2n) is 4.75. The molecule has 7 heteroatoms. The van der Waals surface area contributed by atoms with Crippen LogP contribution >= 0.6 is 0 Å². The van der Waals surface area contributed by atoms with E-state index in [4.69, 9.17) is 11.6 Å². The highest BCUT2D eigenvalue weighted by molar-refractivity contribution is 6.00. The fraction of sp³-hybridized carbons (Fsp3) is 0.125. The Hall–Kier alpha value is -3.06. The first kappa shape index (κ1) is 16.3. The Morgan fingerprint density at radius 2 is 1.83 bits per heavy atom. The standard InChI is InChI=1S/C16H18N4O3/c17-15(21)23-10-9-12-5-4-6-13(11-12)19-16(22)20(18)14-7-2-1-3-8-14/h1-8,11H,9-10,18H2,(H2,17,21)(H,19,22). The SMILES string of the molecule is NC(=O)OCCc1cccc(NC(=O)N(N)c2ccccc2)c1. The zero-order chi connectivity index (χ0) is 16.7. The maximum Gasteiger partial charge on any atom is 0.404 e. The number of anilines is 2. The van der Waals surface area contributed by atoms with Crippen LogP contribution in [0.4, 0.5) is 21.0 Å². The lowest BCUT2D eigenvalue weighted by Gasteiger charge is -2.17. The van der Waals surface area contributed by atoms with Crippen molar-refractivity contribution in [2.75, 3.05) is 16.9 Å². The highest BCUT2D eigenvalue weighted by Gasteiger charge is 2.11. The number of nitrogens with two attached hydrogens (primary N) is 2. The molecule has 0 radical (unpaired) electrons. The van der Waals surface area contributed by atoms with E-state index >= 15 is 0 Å². The molecule has 0 heterocycles. The topological polar surface area (TPSA) is 111 Å². The molecule has 5 N–H and O–H groups in total. The van der Waals surface area contributed by atoms with Crippen LogP contribution in [0.1, 0.15) is 5.56 Å². The summed E-state index contributed by atoms with van der Waals surface area (Å²) in [6.45, 7) is 0.180. The molecule has 0 unspecified atom stereocenters. The Morgan fingerprint density at radius 1 is 1.09 bits per heavy atom. The molecule has 0 bridgehead atoms. The van der Waals surface area contributed by atoms with Gasteiger partial charge < -0.3 is 15.8 Å². The summed E-state index contributed by atoms with van der Waals surface area (Å²) in [6, 6.07) is 15.6. The predicted molar refractivity (Wildman–Crippen MR) is 87.8 cm³/mol. The molecule has 0 spiro atoms. The number of benzene rings is 2. The Labute approximate surface area is 133 Å². The number of hydrogen-bond donors (Lipinski definition) is 3. The van der Waals surface area contributed by atoms with E-state index in [1.54, 1.807) is 42.5 Å². The van der Waals surface area contributed by atoms with Gasteiger partial charge >= 0.3 is 12.1 Å². The molecule has 0 saturated carbocycles. The lowest BCUT2D eigenvalue weighted by molar-refractivity contribution is 0.158. The number of hydrogen-bond acceptors (Lipinski definition) is 4. The molecule has 0 aliphatic carbocycles. The van der Waals surface area contributed by atoms with Crippen molar-refractivity contribution in [3.05, 3.63) is 60.2 Å². The quantitative estimate of drug-likeness (QED) is 0.446. The molecule has 7 nitrogen and oxygen atoms in total. The Morgan fingerprint density at radius 3 is 2.52 bits per heavy atom. The summed E-state index contributed by atoms with van der Waals surface area (Å²) >= 11 is 0. The molecule has 120 valence electrons. The van der Waals surface area contributed by atoms with Crippen LogP contribution in [-0.4, -0.2) is 18.7 Å². The maximum atomic E-state index is 12.1. The van der Waals surface area contributed by atoms with Crippen LogP contribution in [0.25, 0.3) is 0 Å². The molecule has 0 aromatic heterocycles. The van der Waals surface area contributed by atoms with E-state index in [2.05, 4.69) is 10.1 Å². The molecular formula is C16H18N4O3. The number of ether oxygens (including phenoxy) is 1. The minimum Gasteiger partial charge on any atom is -0.449 e. The maximum absolute atomic E-state index is 12.1. The molecule has 0 aliphatic rings. The average molecular weight is 314 g/mol. The van der Waals surface area contributed by atoms with Gasteiger partial charge in [0.2, 0.25) is 0 Å². The van der Waals surface area contributed by atoms with E-state index in [-0.39, 0.29) is 6.61 Å². The molecule has 2 aromatic carbocycles. The van der Waals surface area contributed by atoms with Gasteiger partial charge in [0, 0.05) is 12.1 Å². The van der Waals surface area contributed by atoms with Gasteiger partial charge in [-0.15, -0.1) is 0 Å². The third-order valence-corrected chi connectivity index (χ3v) is 3.07. The largest absolute Gasteiger partial charge is 0.449 e. The lowest BCUT2D eigenvalue weighted by atomic mass is 10.1. The van der Waals surface area contributed by atoms with Gasteiger partial charge in [0.15, 0.2) is 0 Å². The number of rotatable bonds is 5. The molecule has 23 heavy (non-hydrogen) atoms. The number of amides is 3. The number of carbonyl (C=O) groups excluding carboxylic acids is 2. The van der Waals surface area contributed by atoms with E-state index in [9.17, 15) is 9.59 Å². The third kappa shape index (κ3) is 5.01. The molecular weight excluding hydrogens is 296 g/mol. The number of carbonyl (C=O) groups is 2. The molecule has 0 saturated heterocycles. The van der Waals surface area contributed by atoms with Gasteiger partial charge in [0.25, 0.3) is 0 Å². The summed E-state index contributed by atoms with van der Waals surface area (Å²) in [5, 5.41) is 3.74. The van der Waals surface area contributed by atoms with Crippen LogP contribution in [0.2, 0.25) is 0 Å². The smallest absolute Gasteiger partial charge is 0.404 e. The minimum atomic E-state index is -0.809. The first-order chi connectivity index (χ1) is 11.1. The summed E-state index contributed by atoms with van der Waals surface area (Å²) in [5.41, 5.74) is 6.97. The summed E-state index contributed by atoms with van der Waals surface area (Å²) in [6.07, 6.45) is -0.311. The second-order valence-corrected chi connectivity index (χ2v) is 4.75.